The first kappa shape index (κ1) is 13.3. The molecule has 106 valence electrons. The minimum Gasteiger partial charge on any atom is -0.487 e. The summed E-state index contributed by atoms with van der Waals surface area (Å²) in [5.74, 6) is 0.586. The maximum atomic E-state index is 11.1. The van der Waals surface area contributed by atoms with Crippen molar-refractivity contribution in [3.63, 3.8) is 0 Å². The molecule has 0 saturated heterocycles. The molecule has 1 heterocycles. The number of non-ortho nitro benzene ring substituents is 1. The number of rotatable bonds is 4. The van der Waals surface area contributed by atoms with Crippen molar-refractivity contribution in [3.8, 4) is 5.75 Å². The van der Waals surface area contributed by atoms with E-state index in [0.717, 1.165) is 5.69 Å². The Labute approximate surface area is 124 Å². The smallest absolute Gasteiger partial charge is 0.277 e. The van der Waals surface area contributed by atoms with Gasteiger partial charge in [0, 0.05) is 16.8 Å². The van der Waals surface area contributed by atoms with Gasteiger partial charge < -0.3 is 10.5 Å². The quantitative estimate of drug-likeness (QED) is 0.589. The molecule has 0 saturated carbocycles. The van der Waals surface area contributed by atoms with E-state index in [0.29, 0.717) is 21.7 Å². The molecule has 0 aliphatic rings. The summed E-state index contributed by atoms with van der Waals surface area (Å²) in [5, 5.41) is 14.6. The van der Waals surface area contributed by atoms with E-state index >= 15 is 0 Å². The highest BCUT2D eigenvalue weighted by Crippen LogP contribution is 2.33. The number of anilines is 1. The van der Waals surface area contributed by atoms with Gasteiger partial charge in [-0.15, -0.1) is 11.3 Å². The summed E-state index contributed by atoms with van der Waals surface area (Å²) < 4.78 is 5.72. The van der Waals surface area contributed by atoms with Crippen molar-refractivity contribution < 1.29 is 9.66 Å². The number of aromatic nitrogens is 1. The summed E-state index contributed by atoms with van der Waals surface area (Å²) >= 11 is 1.35. The number of ether oxygens (including phenoxy) is 1. The van der Waals surface area contributed by atoms with Crippen LogP contribution in [0.25, 0.3) is 10.8 Å². The third-order valence-corrected chi connectivity index (χ3v) is 3.73. The molecule has 2 aromatic carbocycles. The third-order valence-electron chi connectivity index (χ3n) is 3.00. The summed E-state index contributed by atoms with van der Waals surface area (Å²) in [4.78, 5) is 14.8. The predicted octanol–water partition coefficient (Wildman–Crippen LogP) is 3.37. The van der Waals surface area contributed by atoms with Gasteiger partial charge in [0.25, 0.3) is 5.69 Å². The van der Waals surface area contributed by atoms with Gasteiger partial charge in [-0.1, -0.05) is 18.2 Å². The summed E-state index contributed by atoms with van der Waals surface area (Å²) in [7, 11) is 0. The second-order valence-electron chi connectivity index (χ2n) is 4.35. The lowest BCUT2D eigenvalue weighted by Crippen LogP contribution is -1.98. The Morgan fingerprint density at radius 3 is 2.67 bits per heavy atom. The molecular formula is C14H11N3O3S. The molecule has 0 fully saturated rings. The maximum Gasteiger partial charge on any atom is 0.277 e. The van der Waals surface area contributed by atoms with Gasteiger partial charge in [0.15, 0.2) is 5.13 Å². The topological polar surface area (TPSA) is 91.3 Å². The van der Waals surface area contributed by atoms with Crippen molar-refractivity contribution in [2.45, 2.75) is 6.61 Å². The van der Waals surface area contributed by atoms with Crippen molar-refractivity contribution in [2.24, 2.45) is 0 Å². The van der Waals surface area contributed by atoms with Crippen LogP contribution in [0.2, 0.25) is 0 Å². The van der Waals surface area contributed by atoms with Crippen LogP contribution in [-0.4, -0.2) is 9.91 Å². The molecule has 0 bridgehead atoms. The van der Waals surface area contributed by atoms with Crippen LogP contribution >= 0.6 is 11.3 Å². The number of benzene rings is 2. The van der Waals surface area contributed by atoms with Crippen molar-refractivity contribution in [3.05, 3.63) is 57.6 Å². The van der Waals surface area contributed by atoms with E-state index in [1.54, 1.807) is 24.3 Å². The average molecular weight is 301 g/mol. The molecular weight excluding hydrogens is 290 g/mol. The van der Waals surface area contributed by atoms with Crippen LogP contribution < -0.4 is 10.5 Å². The first-order valence-electron chi connectivity index (χ1n) is 6.14. The maximum absolute atomic E-state index is 11.1. The normalized spacial score (nSPS) is 10.7. The molecule has 0 aliphatic heterocycles. The first-order chi connectivity index (χ1) is 10.1. The molecule has 21 heavy (non-hydrogen) atoms. The Morgan fingerprint density at radius 2 is 2.00 bits per heavy atom. The molecule has 0 atom stereocenters. The van der Waals surface area contributed by atoms with Crippen LogP contribution in [0, 0.1) is 10.1 Å². The Kier molecular flexibility index (Phi) is 3.41. The highest BCUT2D eigenvalue weighted by atomic mass is 32.1. The monoisotopic (exact) mass is 301 g/mol. The van der Waals surface area contributed by atoms with Gasteiger partial charge in [0.05, 0.1) is 16.0 Å². The van der Waals surface area contributed by atoms with Crippen LogP contribution in [0.15, 0.2) is 41.8 Å². The largest absolute Gasteiger partial charge is 0.487 e. The second kappa shape index (κ2) is 5.37. The zero-order chi connectivity index (χ0) is 14.8. The van der Waals surface area contributed by atoms with Gasteiger partial charge in [0.1, 0.15) is 12.4 Å². The standard InChI is InChI=1S/C14H11N3O3S/c15-14-16-9(8-21-14)7-20-13-6-5-12(17(18)19)10-3-1-2-4-11(10)13/h1-6,8H,7H2,(H2,15,16). The van der Waals surface area contributed by atoms with E-state index in [1.807, 2.05) is 11.4 Å². The number of hydrogen-bond donors (Lipinski definition) is 1. The van der Waals surface area contributed by atoms with Crippen LogP contribution in [-0.2, 0) is 6.61 Å². The molecule has 0 aliphatic carbocycles. The Bertz CT molecular complexity index is 816. The van der Waals surface area contributed by atoms with Gasteiger partial charge >= 0.3 is 0 Å². The lowest BCUT2D eigenvalue weighted by Gasteiger charge is -2.08. The average Bonchev–Trinajstić information content (AvgIpc) is 2.90. The van der Waals surface area contributed by atoms with E-state index < -0.39 is 4.92 Å². The van der Waals surface area contributed by atoms with Crippen molar-refractivity contribution in [1.29, 1.82) is 0 Å². The van der Waals surface area contributed by atoms with E-state index in [-0.39, 0.29) is 12.3 Å². The zero-order valence-electron chi connectivity index (χ0n) is 10.9. The Hall–Kier alpha value is -2.67. The highest BCUT2D eigenvalue weighted by Gasteiger charge is 2.14. The van der Waals surface area contributed by atoms with E-state index in [4.69, 9.17) is 10.5 Å². The third kappa shape index (κ3) is 2.63. The molecule has 3 aromatic rings. The molecule has 3 rings (SSSR count). The fourth-order valence-corrected chi connectivity index (χ4v) is 2.63. The fraction of sp³-hybridized carbons (Fsp3) is 0.0714. The SMILES string of the molecule is Nc1nc(COc2ccc([N+](=O)[O-])c3ccccc23)cs1. The molecule has 0 amide bonds. The van der Waals surface area contributed by atoms with E-state index in [1.165, 1.54) is 17.4 Å². The fourth-order valence-electron chi connectivity index (χ4n) is 2.08. The lowest BCUT2D eigenvalue weighted by atomic mass is 10.1. The molecule has 1 aromatic heterocycles. The number of nitro benzene ring substituents is 1. The predicted molar refractivity (Wildman–Crippen MR) is 81.5 cm³/mol. The minimum atomic E-state index is -0.396. The van der Waals surface area contributed by atoms with E-state index in [9.17, 15) is 10.1 Å². The summed E-state index contributed by atoms with van der Waals surface area (Å²) in [6.45, 7) is 0.273. The van der Waals surface area contributed by atoms with E-state index in [2.05, 4.69) is 4.98 Å². The molecule has 7 heteroatoms. The number of nitrogens with zero attached hydrogens (tertiary/aromatic N) is 2. The molecule has 0 radical (unpaired) electrons. The summed E-state index contributed by atoms with van der Waals surface area (Å²) in [6.07, 6.45) is 0. The van der Waals surface area contributed by atoms with Crippen LogP contribution in [0.4, 0.5) is 10.8 Å². The lowest BCUT2D eigenvalue weighted by molar-refractivity contribution is -0.383. The molecule has 6 nitrogen and oxygen atoms in total. The zero-order valence-corrected chi connectivity index (χ0v) is 11.7. The van der Waals surface area contributed by atoms with Gasteiger partial charge in [-0.3, -0.25) is 10.1 Å². The van der Waals surface area contributed by atoms with Gasteiger partial charge in [-0.2, -0.15) is 0 Å². The number of fused-ring (bicyclic) bond motifs is 1. The molecule has 0 unspecified atom stereocenters. The number of hydrogen-bond acceptors (Lipinski definition) is 6. The molecule has 2 N–H and O–H groups in total. The van der Waals surface area contributed by atoms with Crippen molar-refractivity contribution >= 4 is 32.9 Å². The highest BCUT2D eigenvalue weighted by molar-refractivity contribution is 7.13. The second-order valence-corrected chi connectivity index (χ2v) is 5.24. The van der Waals surface area contributed by atoms with Gasteiger partial charge in [-0.05, 0) is 12.1 Å². The number of nitro groups is 1. The summed E-state index contributed by atoms with van der Waals surface area (Å²) in [5.41, 5.74) is 6.37. The van der Waals surface area contributed by atoms with Gasteiger partial charge in [-0.25, -0.2) is 4.98 Å². The van der Waals surface area contributed by atoms with Crippen LogP contribution in [0.1, 0.15) is 5.69 Å². The molecule has 0 spiro atoms. The van der Waals surface area contributed by atoms with Gasteiger partial charge in [0.2, 0.25) is 0 Å². The van der Waals surface area contributed by atoms with Crippen molar-refractivity contribution in [1.82, 2.24) is 4.98 Å². The number of thiazole rings is 1. The first-order valence-corrected chi connectivity index (χ1v) is 7.02. The van der Waals surface area contributed by atoms with Crippen molar-refractivity contribution in [2.75, 3.05) is 5.73 Å². The summed E-state index contributed by atoms with van der Waals surface area (Å²) in [6, 6.07) is 10.2. The Balaban J connectivity index is 1.96. The Morgan fingerprint density at radius 1 is 1.24 bits per heavy atom. The number of nitrogen functional groups attached to an aromatic ring is 1. The number of nitrogens with two attached hydrogens (primary N) is 1. The van der Waals surface area contributed by atoms with Crippen LogP contribution in [0.5, 0.6) is 5.75 Å². The minimum absolute atomic E-state index is 0.0656. The van der Waals surface area contributed by atoms with Crippen LogP contribution in [0.3, 0.4) is 0 Å².